The molecule has 2 aromatic heterocycles. The minimum Gasteiger partial charge on any atom is -0.349 e. The molecular formula is C20H22N4O4S2. The Morgan fingerprint density at radius 1 is 1.37 bits per heavy atom. The number of aryl methyl sites for hydroxylation is 2. The van der Waals surface area contributed by atoms with E-state index in [0.717, 1.165) is 10.4 Å². The van der Waals surface area contributed by atoms with Crippen LogP contribution in [0, 0.1) is 24.0 Å². The van der Waals surface area contributed by atoms with Crippen molar-refractivity contribution in [2.24, 2.45) is 0 Å². The van der Waals surface area contributed by atoms with Crippen LogP contribution in [0.1, 0.15) is 41.7 Å². The number of amides is 1. The molecule has 0 aliphatic carbocycles. The molecular weight excluding hydrogens is 424 g/mol. The van der Waals surface area contributed by atoms with Crippen LogP contribution in [0.25, 0.3) is 10.2 Å². The fourth-order valence-electron chi connectivity index (χ4n) is 2.97. The second-order valence-corrected chi connectivity index (χ2v) is 9.54. The largest absolute Gasteiger partial charge is 0.349 e. The summed E-state index contributed by atoms with van der Waals surface area (Å²) in [6, 6.07) is 5.84. The molecule has 0 aliphatic heterocycles. The van der Waals surface area contributed by atoms with E-state index in [9.17, 15) is 19.7 Å². The summed E-state index contributed by atoms with van der Waals surface area (Å²) >= 11 is 2.85. The number of nitrogens with zero attached hydrogens (tertiary/aromatic N) is 2. The number of hydrogen-bond acceptors (Lipinski definition) is 7. The first-order chi connectivity index (χ1) is 14.2. The molecule has 2 unspecified atom stereocenters. The number of nitrogens with one attached hydrogen (secondary N) is 2. The summed E-state index contributed by atoms with van der Waals surface area (Å²) in [5.74, 6) is 0.733. The summed E-state index contributed by atoms with van der Waals surface area (Å²) in [5, 5.41) is 14.1. The molecule has 30 heavy (non-hydrogen) atoms. The number of fused-ring (bicyclic) bond motifs is 1. The Morgan fingerprint density at radius 3 is 2.80 bits per heavy atom. The van der Waals surface area contributed by atoms with Crippen LogP contribution in [-0.2, 0) is 10.5 Å². The molecule has 2 heterocycles. The number of non-ortho nitro benzene ring substituents is 1. The Hall–Kier alpha value is -2.72. The lowest BCUT2D eigenvalue weighted by Crippen LogP contribution is -2.33. The van der Waals surface area contributed by atoms with Crippen LogP contribution in [0.15, 0.2) is 29.1 Å². The Labute approximate surface area is 181 Å². The predicted molar refractivity (Wildman–Crippen MR) is 120 cm³/mol. The summed E-state index contributed by atoms with van der Waals surface area (Å²) in [5.41, 5.74) is 1.44. The highest BCUT2D eigenvalue weighted by Gasteiger charge is 2.19. The van der Waals surface area contributed by atoms with Gasteiger partial charge in [0.15, 0.2) is 0 Å². The lowest BCUT2D eigenvalue weighted by Gasteiger charge is -2.17. The van der Waals surface area contributed by atoms with Crippen molar-refractivity contribution in [1.82, 2.24) is 15.3 Å². The van der Waals surface area contributed by atoms with Crippen LogP contribution in [0.4, 0.5) is 5.69 Å². The number of aromatic nitrogens is 2. The lowest BCUT2D eigenvalue weighted by atomic mass is 10.1. The van der Waals surface area contributed by atoms with Gasteiger partial charge >= 0.3 is 0 Å². The summed E-state index contributed by atoms with van der Waals surface area (Å²) in [4.78, 5) is 44.5. The highest BCUT2D eigenvalue weighted by molar-refractivity contribution is 7.99. The van der Waals surface area contributed by atoms with Gasteiger partial charge in [-0.3, -0.25) is 19.7 Å². The van der Waals surface area contributed by atoms with Gasteiger partial charge in [-0.05, 0) is 38.8 Å². The van der Waals surface area contributed by atoms with E-state index in [2.05, 4.69) is 15.3 Å². The fraction of sp³-hybridized carbons (Fsp3) is 0.350. The van der Waals surface area contributed by atoms with Crippen LogP contribution in [0.5, 0.6) is 0 Å². The van der Waals surface area contributed by atoms with Crippen LogP contribution in [0.2, 0.25) is 0 Å². The maximum absolute atomic E-state index is 12.5. The topological polar surface area (TPSA) is 118 Å². The highest BCUT2D eigenvalue weighted by Crippen LogP contribution is 2.27. The number of thioether (sulfide) groups is 1. The van der Waals surface area contributed by atoms with Crippen molar-refractivity contribution >= 4 is 44.9 Å². The molecule has 158 valence electrons. The van der Waals surface area contributed by atoms with E-state index in [0.29, 0.717) is 27.4 Å². The lowest BCUT2D eigenvalue weighted by molar-refractivity contribution is -0.384. The zero-order chi connectivity index (χ0) is 22.0. The summed E-state index contributed by atoms with van der Waals surface area (Å²) in [6.45, 7) is 7.43. The smallest absolute Gasteiger partial charge is 0.269 e. The van der Waals surface area contributed by atoms with E-state index in [1.807, 2.05) is 13.8 Å². The van der Waals surface area contributed by atoms with Crippen molar-refractivity contribution in [2.75, 3.05) is 0 Å². The monoisotopic (exact) mass is 446 g/mol. The zero-order valence-electron chi connectivity index (χ0n) is 17.0. The number of carbonyl (C=O) groups excluding carboxylic acids is 1. The molecule has 0 radical (unpaired) electrons. The third-order valence-electron chi connectivity index (χ3n) is 4.87. The van der Waals surface area contributed by atoms with E-state index in [-0.39, 0.29) is 28.4 Å². The van der Waals surface area contributed by atoms with Gasteiger partial charge in [0.1, 0.15) is 10.7 Å². The second-order valence-electron chi connectivity index (χ2n) is 7.01. The number of H-pyrrole nitrogens is 1. The molecule has 1 aromatic carbocycles. The maximum atomic E-state index is 12.5. The Morgan fingerprint density at radius 2 is 2.10 bits per heavy atom. The summed E-state index contributed by atoms with van der Waals surface area (Å²) < 4.78 is 0. The third-order valence-corrected chi connectivity index (χ3v) is 7.12. The van der Waals surface area contributed by atoms with Gasteiger partial charge in [0, 0.05) is 17.0 Å². The number of carbonyl (C=O) groups is 1. The van der Waals surface area contributed by atoms with Gasteiger partial charge in [-0.2, -0.15) is 0 Å². The molecule has 8 nitrogen and oxygen atoms in total. The first kappa shape index (κ1) is 22.0. The van der Waals surface area contributed by atoms with Crippen molar-refractivity contribution in [3.63, 3.8) is 0 Å². The second kappa shape index (κ2) is 8.97. The van der Waals surface area contributed by atoms with Crippen LogP contribution >= 0.6 is 23.1 Å². The van der Waals surface area contributed by atoms with Crippen LogP contribution in [0.3, 0.4) is 0 Å². The molecule has 0 aliphatic rings. The first-order valence-electron chi connectivity index (χ1n) is 9.32. The molecule has 10 heteroatoms. The standard InChI is InChI=1S/C20H22N4O4S2/c1-10-12(3)30-20-17(10)19(26)22-16(23-20)9-29-13(4)18(25)21-11(2)14-6-5-7-15(8-14)24(27)28/h5-8,11,13H,9H2,1-4H3,(H,21,25)(H,22,23,26). The van der Waals surface area contributed by atoms with E-state index in [4.69, 9.17) is 0 Å². The third kappa shape index (κ3) is 4.71. The zero-order valence-corrected chi connectivity index (χ0v) is 18.6. The Kier molecular flexibility index (Phi) is 6.57. The predicted octanol–water partition coefficient (Wildman–Crippen LogP) is 4.01. The van der Waals surface area contributed by atoms with Crippen molar-refractivity contribution < 1.29 is 9.72 Å². The Bertz CT molecular complexity index is 1170. The summed E-state index contributed by atoms with van der Waals surface area (Å²) in [7, 11) is 0. The number of hydrogen-bond donors (Lipinski definition) is 2. The quantitative estimate of drug-likeness (QED) is 0.418. The van der Waals surface area contributed by atoms with Gasteiger partial charge in [-0.15, -0.1) is 23.1 Å². The molecule has 3 rings (SSSR count). The number of nitro groups is 1. The van der Waals surface area contributed by atoms with Crippen molar-refractivity contribution in [3.8, 4) is 0 Å². The van der Waals surface area contributed by atoms with Gasteiger partial charge in [0.05, 0.1) is 27.4 Å². The van der Waals surface area contributed by atoms with Gasteiger partial charge in [-0.1, -0.05) is 12.1 Å². The highest BCUT2D eigenvalue weighted by atomic mass is 32.2. The first-order valence-corrected chi connectivity index (χ1v) is 11.2. The average Bonchev–Trinajstić information content (AvgIpc) is 3.00. The van der Waals surface area contributed by atoms with E-state index >= 15 is 0 Å². The van der Waals surface area contributed by atoms with E-state index < -0.39 is 4.92 Å². The molecule has 0 bridgehead atoms. The minimum atomic E-state index is -0.461. The molecule has 0 saturated heterocycles. The number of thiophene rings is 1. The van der Waals surface area contributed by atoms with Gasteiger partial charge in [-0.25, -0.2) is 4.98 Å². The number of nitro benzene ring substituents is 1. The average molecular weight is 447 g/mol. The van der Waals surface area contributed by atoms with Crippen molar-refractivity contribution in [3.05, 3.63) is 66.6 Å². The molecule has 3 aromatic rings. The Balaban J connectivity index is 1.63. The van der Waals surface area contributed by atoms with Crippen LogP contribution in [-0.4, -0.2) is 26.0 Å². The SMILES string of the molecule is Cc1sc2nc(CSC(C)C(=O)NC(C)c3cccc([N+](=O)[O-])c3)[nH]c(=O)c2c1C. The van der Waals surface area contributed by atoms with E-state index in [1.54, 1.807) is 26.0 Å². The molecule has 0 fully saturated rings. The van der Waals surface area contributed by atoms with Gasteiger partial charge < -0.3 is 10.3 Å². The van der Waals surface area contributed by atoms with Crippen LogP contribution < -0.4 is 10.9 Å². The minimum absolute atomic E-state index is 0.0134. The number of benzene rings is 1. The molecule has 2 atom stereocenters. The van der Waals surface area contributed by atoms with Gasteiger partial charge in [0.25, 0.3) is 11.2 Å². The number of rotatable bonds is 7. The maximum Gasteiger partial charge on any atom is 0.269 e. The fourth-order valence-corrected chi connectivity index (χ4v) is 4.78. The van der Waals surface area contributed by atoms with E-state index in [1.165, 1.54) is 35.2 Å². The van der Waals surface area contributed by atoms with Crippen molar-refractivity contribution in [2.45, 2.75) is 44.7 Å². The van der Waals surface area contributed by atoms with Crippen molar-refractivity contribution in [1.29, 1.82) is 0 Å². The normalized spacial score (nSPS) is 13.2. The summed E-state index contributed by atoms with van der Waals surface area (Å²) in [6.07, 6.45) is 0. The molecule has 1 amide bonds. The molecule has 2 N–H and O–H groups in total. The molecule has 0 spiro atoms. The number of aromatic amines is 1. The molecule has 0 saturated carbocycles. The van der Waals surface area contributed by atoms with Gasteiger partial charge in [0.2, 0.25) is 5.91 Å².